The lowest BCUT2D eigenvalue weighted by atomic mass is 10.0. The largest absolute Gasteiger partial charge is 0.328 e. The highest BCUT2D eigenvalue weighted by Gasteiger charge is 2.29. The highest BCUT2D eigenvalue weighted by molar-refractivity contribution is 6.30. The lowest BCUT2D eigenvalue weighted by Gasteiger charge is -2.34. The van der Waals surface area contributed by atoms with Gasteiger partial charge in [0, 0.05) is 36.7 Å². The van der Waals surface area contributed by atoms with E-state index in [9.17, 15) is 0 Å². The fraction of sp³-hybridized carbons (Fsp3) is 0.625. The number of halogens is 1. The van der Waals surface area contributed by atoms with E-state index in [-0.39, 0.29) is 0 Å². The molecule has 0 amide bonds. The summed E-state index contributed by atoms with van der Waals surface area (Å²) in [6, 6.07) is 9.37. The van der Waals surface area contributed by atoms with Gasteiger partial charge >= 0.3 is 0 Å². The molecule has 1 unspecified atom stereocenters. The Hall–Kier alpha value is -0.610. The van der Waals surface area contributed by atoms with Gasteiger partial charge in [-0.3, -0.25) is 9.80 Å². The molecule has 0 bridgehead atoms. The zero-order chi connectivity index (χ0) is 13.9. The highest BCUT2D eigenvalue weighted by atomic mass is 35.5. The maximum absolute atomic E-state index is 6.06. The average Bonchev–Trinajstić information content (AvgIpc) is 2.88. The van der Waals surface area contributed by atoms with Crippen LogP contribution in [0.3, 0.4) is 0 Å². The molecule has 2 fully saturated rings. The van der Waals surface area contributed by atoms with Gasteiger partial charge in [-0.25, -0.2) is 0 Å². The smallest absolute Gasteiger partial charge is 0.0409 e. The van der Waals surface area contributed by atoms with Crippen molar-refractivity contribution >= 4 is 11.6 Å². The van der Waals surface area contributed by atoms with Gasteiger partial charge in [0.25, 0.3) is 0 Å². The van der Waals surface area contributed by atoms with Crippen molar-refractivity contribution in [3.8, 4) is 0 Å². The van der Waals surface area contributed by atoms with Crippen molar-refractivity contribution < 1.29 is 0 Å². The van der Waals surface area contributed by atoms with Crippen LogP contribution in [0, 0.1) is 0 Å². The Morgan fingerprint density at radius 2 is 1.95 bits per heavy atom. The number of benzene rings is 1. The van der Waals surface area contributed by atoms with Crippen LogP contribution in [0.25, 0.3) is 0 Å². The molecule has 0 radical (unpaired) electrons. The molecule has 2 aliphatic rings. The molecule has 3 rings (SSSR count). The van der Waals surface area contributed by atoms with Crippen molar-refractivity contribution in [2.24, 2.45) is 5.73 Å². The Labute approximate surface area is 126 Å². The summed E-state index contributed by atoms with van der Waals surface area (Å²) in [7, 11) is 0. The van der Waals surface area contributed by atoms with Gasteiger partial charge in [-0.1, -0.05) is 23.7 Å². The molecule has 20 heavy (non-hydrogen) atoms. The van der Waals surface area contributed by atoms with Crippen LogP contribution in [0.2, 0.25) is 5.02 Å². The van der Waals surface area contributed by atoms with Crippen LogP contribution < -0.4 is 5.73 Å². The van der Waals surface area contributed by atoms with Crippen molar-refractivity contribution in [3.05, 3.63) is 34.9 Å². The molecule has 1 aromatic carbocycles. The van der Waals surface area contributed by atoms with E-state index in [1.807, 2.05) is 12.1 Å². The summed E-state index contributed by atoms with van der Waals surface area (Å²) in [4.78, 5) is 5.19. The van der Waals surface area contributed by atoms with Crippen molar-refractivity contribution in [1.82, 2.24) is 9.80 Å². The minimum atomic E-state index is 0.426. The Bertz CT molecular complexity index is 443. The second-order valence-corrected chi connectivity index (χ2v) is 6.62. The van der Waals surface area contributed by atoms with Crippen molar-refractivity contribution in [2.75, 3.05) is 26.2 Å². The van der Waals surface area contributed by atoms with Gasteiger partial charge in [-0.15, -0.1) is 0 Å². The van der Waals surface area contributed by atoms with E-state index < -0.39 is 0 Å². The van der Waals surface area contributed by atoms with Gasteiger partial charge < -0.3 is 5.73 Å². The molecule has 0 aliphatic carbocycles. The molecule has 2 N–H and O–H groups in total. The van der Waals surface area contributed by atoms with Crippen molar-refractivity contribution in [1.29, 1.82) is 0 Å². The van der Waals surface area contributed by atoms with Crippen LogP contribution >= 0.6 is 11.6 Å². The number of hydrogen-bond acceptors (Lipinski definition) is 3. The molecule has 110 valence electrons. The van der Waals surface area contributed by atoms with Gasteiger partial charge in [0.05, 0.1) is 0 Å². The first-order valence-electron chi connectivity index (χ1n) is 7.67. The fourth-order valence-corrected chi connectivity index (χ4v) is 3.64. The molecule has 2 saturated heterocycles. The zero-order valence-corrected chi connectivity index (χ0v) is 12.7. The minimum absolute atomic E-state index is 0.426. The number of nitrogens with two attached hydrogens (primary N) is 1. The van der Waals surface area contributed by atoms with Crippen molar-refractivity contribution in [3.63, 3.8) is 0 Å². The zero-order valence-electron chi connectivity index (χ0n) is 12.0. The van der Waals surface area contributed by atoms with E-state index in [0.29, 0.717) is 6.04 Å². The summed E-state index contributed by atoms with van der Waals surface area (Å²) in [5, 5.41) is 0.836. The lowest BCUT2D eigenvalue weighted by molar-refractivity contribution is 0.151. The topological polar surface area (TPSA) is 32.5 Å². The van der Waals surface area contributed by atoms with Crippen LogP contribution in [-0.2, 0) is 6.54 Å². The summed E-state index contributed by atoms with van der Waals surface area (Å²) >= 11 is 6.06. The SMILES string of the molecule is NC1CCN(C2CCN(Cc3cccc(Cl)c3)C2)CC1. The second kappa shape index (κ2) is 6.44. The molecule has 2 heterocycles. The van der Waals surface area contributed by atoms with E-state index in [2.05, 4.69) is 21.9 Å². The normalized spacial score (nSPS) is 26.2. The Balaban J connectivity index is 1.52. The quantitative estimate of drug-likeness (QED) is 0.928. The highest BCUT2D eigenvalue weighted by Crippen LogP contribution is 2.22. The number of rotatable bonds is 3. The maximum atomic E-state index is 6.06. The molecule has 2 aliphatic heterocycles. The second-order valence-electron chi connectivity index (χ2n) is 6.18. The van der Waals surface area contributed by atoms with Gasteiger partial charge in [0.15, 0.2) is 0 Å². The first kappa shape index (κ1) is 14.3. The molecular weight excluding hydrogens is 270 g/mol. The number of hydrogen-bond donors (Lipinski definition) is 1. The Morgan fingerprint density at radius 3 is 2.70 bits per heavy atom. The summed E-state index contributed by atoms with van der Waals surface area (Å²) in [5.41, 5.74) is 7.31. The first-order valence-corrected chi connectivity index (χ1v) is 8.05. The minimum Gasteiger partial charge on any atom is -0.328 e. The van der Waals surface area contributed by atoms with Crippen LogP contribution in [-0.4, -0.2) is 48.1 Å². The Kier molecular flexibility index (Phi) is 4.61. The van der Waals surface area contributed by atoms with E-state index in [1.165, 1.54) is 38.2 Å². The predicted molar refractivity (Wildman–Crippen MR) is 83.9 cm³/mol. The number of nitrogens with zero attached hydrogens (tertiary/aromatic N) is 2. The first-order chi connectivity index (χ1) is 9.70. The van der Waals surface area contributed by atoms with E-state index in [4.69, 9.17) is 17.3 Å². The van der Waals surface area contributed by atoms with Crippen LogP contribution in [0.1, 0.15) is 24.8 Å². The lowest BCUT2D eigenvalue weighted by Crippen LogP contribution is -2.46. The molecule has 4 heteroatoms. The van der Waals surface area contributed by atoms with Crippen LogP contribution in [0.4, 0.5) is 0 Å². The fourth-order valence-electron chi connectivity index (χ4n) is 3.43. The van der Waals surface area contributed by atoms with E-state index >= 15 is 0 Å². The standard InChI is InChI=1S/C16H24ClN3/c17-14-3-1-2-13(10-14)11-19-7-6-16(12-19)20-8-4-15(18)5-9-20/h1-3,10,15-16H,4-9,11-12,18H2. The molecule has 1 aromatic rings. The van der Waals surface area contributed by atoms with Gasteiger partial charge in [-0.2, -0.15) is 0 Å². The monoisotopic (exact) mass is 293 g/mol. The summed E-state index contributed by atoms with van der Waals surface area (Å²) < 4.78 is 0. The third-order valence-corrected chi connectivity index (χ3v) is 4.87. The third kappa shape index (κ3) is 3.53. The molecule has 3 nitrogen and oxygen atoms in total. The molecule has 0 spiro atoms. The molecular formula is C16H24ClN3. The van der Waals surface area contributed by atoms with Gasteiger partial charge in [-0.05, 0) is 50.0 Å². The maximum Gasteiger partial charge on any atom is 0.0409 e. The van der Waals surface area contributed by atoms with Gasteiger partial charge in [0.1, 0.15) is 0 Å². The number of likely N-dealkylation sites (tertiary alicyclic amines) is 2. The number of piperidine rings is 1. The predicted octanol–water partition coefficient (Wildman–Crippen LogP) is 2.34. The summed E-state index contributed by atoms with van der Waals surface area (Å²) in [6.45, 7) is 5.75. The van der Waals surface area contributed by atoms with Crippen LogP contribution in [0.15, 0.2) is 24.3 Å². The Morgan fingerprint density at radius 1 is 1.15 bits per heavy atom. The van der Waals surface area contributed by atoms with Crippen LogP contribution in [0.5, 0.6) is 0 Å². The third-order valence-electron chi connectivity index (χ3n) is 4.63. The van der Waals surface area contributed by atoms with E-state index in [1.54, 1.807) is 0 Å². The van der Waals surface area contributed by atoms with Gasteiger partial charge in [0.2, 0.25) is 0 Å². The molecule has 1 atom stereocenters. The van der Waals surface area contributed by atoms with Crippen molar-refractivity contribution in [2.45, 2.75) is 37.9 Å². The summed E-state index contributed by atoms with van der Waals surface area (Å²) in [5.74, 6) is 0. The average molecular weight is 294 g/mol. The summed E-state index contributed by atoms with van der Waals surface area (Å²) in [6.07, 6.45) is 3.60. The molecule has 0 saturated carbocycles. The van der Waals surface area contributed by atoms with E-state index in [0.717, 1.165) is 30.5 Å². The molecule has 0 aromatic heterocycles.